The smallest absolute Gasteiger partial charge is 0.338 e. The summed E-state index contributed by atoms with van der Waals surface area (Å²) in [5, 5.41) is 2.28. The highest BCUT2D eigenvalue weighted by atomic mass is 79.9. The molecule has 0 saturated heterocycles. The van der Waals surface area contributed by atoms with Crippen molar-refractivity contribution in [1.29, 1.82) is 0 Å². The minimum Gasteiger partial charge on any atom is -0.493 e. The normalized spacial score (nSPS) is 14.7. The van der Waals surface area contributed by atoms with Crippen LogP contribution in [0.25, 0.3) is 16.8 Å². The van der Waals surface area contributed by atoms with Gasteiger partial charge in [-0.25, -0.2) is 9.79 Å². The third-order valence-electron chi connectivity index (χ3n) is 7.82. The summed E-state index contributed by atoms with van der Waals surface area (Å²) in [4.78, 5) is 33.8. The number of allylic oxidation sites excluding steroid dienone is 1. The number of methoxy groups -OCH3 is 1. The Balaban J connectivity index is 1.39. The Morgan fingerprint density at radius 3 is 2.55 bits per heavy atom. The lowest BCUT2D eigenvalue weighted by Gasteiger charge is -2.25. The molecule has 1 aliphatic heterocycles. The van der Waals surface area contributed by atoms with Crippen LogP contribution in [0.4, 0.5) is 0 Å². The van der Waals surface area contributed by atoms with Gasteiger partial charge in [0.25, 0.3) is 5.56 Å². The van der Waals surface area contributed by atoms with Crippen LogP contribution in [0, 0.1) is 0 Å². The molecule has 47 heavy (non-hydrogen) atoms. The zero-order valence-corrected chi connectivity index (χ0v) is 29.8. The van der Waals surface area contributed by atoms with Gasteiger partial charge in [0.2, 0.25) is 0 Å². The molecular formula is C37H33BrN2O5S2. The molecular weight excluding hydrogens is 696 g/mol. The number of rotatable bonds is 9. The van der Waals surface area contributed by atoms with Crippen molar-refractivity contribution in [1.82, 2.24) is 4.57 Å². The summed E-state index contributed by atoms with van der Waals surface area (Å²) in [5.74, 6) is 0.610. The fourth-order valence-corrected chi connectivity index (χ4v) is 7.67. The minimum atomic E-state index is -0.679. The first kappa shape index (κ1) is 32.8. The van der Waals surface area contributed by atoms with E-state index in [1.807, 2.05) is 66.9 Å². The lowest BCUT2D eigenvalue weighted by atomic mass is 9.96. The van der Waals surface area contributed by atoms with E-state index in [9.17, 15) is 9.59 Å². The SMILES string of the molecule is COc1cc(/C=c2\sc3n(c2=O)[C@@H](c2ccc(SC)cc2)C(C(=O)OC(C)C)=C(C)N=3)cc(Br)c1OCc1cccc2ccccc12. The Hall–Kier alpha value is -4.12. The number of hydrogen-bond acceptors (Lipinski definition) is 8. The topological polar surface area (TPSA) is 79.1 Å². The van der Waals surface area contributed by atoms with Gasteiger partial charge in [0.15, 0.2) is 16.3 Å². The molecule has 1 aliphatic rings. The van der Waals surface area contributed by atoms with Crippen molar-refractivity contribution >= 4 is 61.8 Å². The van der Waals surface area contributed by atoms with Gasteiger partial charge in [-0.05, 0) is 101 Å². The summed E-state index contributed by atoms with van der Waals surface area (Å²) in [6.07, 6.45) is 3.49. The number of nitrogens with zero attached hydrogens (tertiary/aromatic N) is 2. The molecule has 0 radical (unpaired) electrons. The minimum absolute atomic E-state index is 0.249. The first-order valence-corrected chi connectivity index (χ1v) is 17.9. The average molecular weight is 730 g/mol. The number of halogens is 1. The maximum Gasteiger partial charge on any atom is 0.338 e. The second kappa shape index (κ2) is 13.9. The summed E-state index contributed by atoms with van der Waals surface area (Å²) >= 11 is 6.57. The number of hydrogen-bond donors (Lipinski definition) is 0. The second-order valence-corrected chi connectivity index (χ2v) is 14.0. The van der Waals surface area contributed by atoms with Crippen LogP contribution in [0.3, 0.4) is 0 Å². The lowest BCUT2D eigenvalue weighted by Crippen LogP contribution is -2.40. The van der Waals surface area contributed by atoms with Crippen LogP contribution < -0.4 is 24.4 Å². The van der Waals surface area contributed by atoms with Crippen LogP contribution in [-0.4, -0.2) is 30.0 Å². The lowest BCUT2D eigenvalue weighted by molar-refractivity contribution is -0.143. The van der Waals surface area contributed by atoms with Crippen molar-refractivity contribution < 1.29 is 19.0 Å². The van der Waals surface area contributed by atoms with Gasteiger partial charge in [0, 0.05) is 4.90 Å². The second-order valence-electron chi connectivity index (χ2n) is 11.3. The number of thiazole rings is 1. The molecule has 0 aliphatic carbocycles. The Morgan fingerprint density at radius 1 is 1.09 bits per heavy atom. The molecule has 7 nitrogen and oxygen atoms in total. The number of esters is 1. The number of carbonyl (C=O) groups excluding carboxylic acids is 1. The third kappa shape index (κ3) is 6.68. The maximum absolute atomic E-state index is 14.1. The van der Waals surface area contributed by atoms with Gasteiger partial charge in [-0.15, -0.1) is 11.8 Å². The molecule has 10 heteroatoms. The molecule has 240 valence electrons. The standard InChI is InChI=1S/C37H33BrN2O5S2/c1-21(2)45-36(42)32-22(3)39-37-40(33(32)25-13-15-27(46-5)16-14-25)35(41)31(47-37)19-23-17-29(38)34(30(18-23)43-4)44-20-26-11-8-10-24-9-6-7-12-28(24)26/h6-19,21,33H,20H2,1-5H3/b31-19-/t33-/m0/s1. The van der Waals surface area contributed by atoms with E-state index in [1.165, 1.54) is 11.3 Å². The van der Waals surface area contributed by atoms with Crippen molar-refractivity contribution in [2.45, 2.75) is 44.4 Å². The number of ether oxygens (including phenoxy) is 3. The summed E-state index contributed by atoms with van der Waals surface area (Å²) in [5.41, 5.74) is 3.24. The zero-order chi connectivity index (χ0) is 33.2. The predicted molar refractivity (Wildman–Crippen MR) is 192 cm³/mol. The number of aromatic nitrogens is 1. The highest BCUT2D eigenvalue weighted by molar-refractivity contribution is 9.10. The molecule has 1 aromatic heterocycles. The van der Waals surface area contributed by atoms with Crippen molar-refractivity contribution in [3.63, 3.8) is 0 Å². The van der Waals surface area contributed by atoms with Crippen molar-refractivity contribution in [3.8, 4) is 11.5 Å². The molecule has 0 saturated carbocycles. The molecule has 5 aromatic rings. The Kier molecular flexibility index (Phi) is 9.72. The molecule has 2 heterocycles. The van der Waals surface area contributed by atoms with Crippen molar-refractivity contribution in [3.05, 3.63) is 131 Å². The van der Waals surface area contributed by atoms with E-state index in [0.717, 1.165) is 32.4 Å². The highest BCUT2D eigenvalue weighted by Crippen LogP contribution is 2.38. The van der Waals surface area contributed by atoms with E-state index < -0.39 is 12.0 Å². The van der Waals surface area contributed by atoms with Crippen molar-refractivity contribution in [2.75, 3.05) is 13.4 Å². The molecule has 0 bridgehead atoms. The van der Waals surface area contributed by atoms with Gasteiger partial charge in [-0.3, -0.25) is 9.36 Å². The van der Waals surface area contributed by atoms with E-state index in [4.69, 9.17) is 19.2 Å². The molecule has 0 fully saturated rings. The van der Waals surface area contributed by atoms with Crippen LogP contribution in [0.15, 0.2) is 109 Å². The van der Waals surface area contributed by atoms with Gasteiger partial charge >= 0.3 is 5.97 Å². The van der Waals surface area contributed by atoms with Crippen LogP contribution in [0.2, 0.25) is 0 Å². The number of thioether (sulfide) groups is 1. The van der Waals surface area contributed by atoms with Crippen LogP contribution in [0.5, 0.6) is 11.5 Å². The molecule has 0 amide bonds. The summed E-state index contributed by atoms with van der Waals surface area (Å²) in [7, 11) is 1.59. The average Bonchev–Trinajstić information content (AvgIpc) is 3.36. The molecule has 0 unspecified atom stereocenters. The van der Waals surface area contributed by atoms with Crippen LogP contribution >= 0.6 is 39.0 Å². The van der Waals surface area contributed by atoms with E-state index in [1.54, 1.807) is 44.2 Å². The Bertz CT molecular complexity index is 2200. The first-order valence-electron chi connectivity index (χ1n) is 15.0. The predicted octanol–water partition coefficient (Wildman–Crippen LogP) is 7.41. The van der Waals surface area contributed by atoms with E-state index in [2.05, 4.69) is 40.2 Å². The molecule has 4 aromatic carbocycles. The monoisotopic (exact) mass is 728 g/mol. The summed E-state index contributed by atoms with van der Waals surface area (Å²) < 4.78 is 20.4. The maximum atomic E-state index is 14.1. The molecule has 1 atom stereocenters. The molecule has 0 spiro atoms. The van der Waals surface area contributed by atoms with E-state index >= 15 is 0 Å². The van der Waals surface area contributed by atoms with Crippen molar-refractivity contribution in [2.24, 2.45) is 4.99 Å². The largest absolute Gasteiger partial charge is 0.493 e. The Labute approximate surface area is 289 Å². The van der Waals surface area contributed by atoms with Gasteiger partial charge in [-0.1, -0.05) is 65.9 Å². The van der Waals surface area contributed by atoms with Gasteiger partial charge in [0.1, 0.15) is 6.61 Å². The highest BCUT2D eigenvalue weighted by Gasteiger charge is 2.33. The van der Waals surface area contributed by atoms with E-state index in [-0.39, 0.29) is 11.7 Å². The fourth-order valence-electron chi connectivity index (χ4n) is 5.64. The molecule has 6 rings (SSSR count). The summed E-state index contributed by atoms with van der Waals surface area (Å²) in [6, 6.07) is 25.3. The first-order chi connectivity index (χ1) is 22.7. The number of benzene rings is 4. The number of carbonyl (C=O) groups is 1. The van der Waals surface area contributed by atoms with Gasteiger partial charge < -0.3 is 14.2 Å². The van der Waals surface area contributed by atoms with Gasteiger partial charge in [0.05, 0.1) is 39.5 Å². The third-order valence-corrected chi connectivity index (χ3v) is 10.1. The Morgan fingerprint density at radius 2 is 1.83 bits per heavy atom. The van der Waals surface area contributed by atoms with Gasteiger partial charge in [-0.2, -0.15) is 0 Å². The summed E-state index contributed by atoms with van der Waals surface area (Å²) in [6.45, 7) is 5.75. The van der Waals surface area contributed by atoms with Crippen LogP contribution in [-0.2, 0) is 16.1 Å². The number of fused-ring (bicyclic) bond motifs is 2. The zero-order valence-electron chi connectivity index (χ0n) is 26.6. The van der Waals surface area contributed by atoms with E-state index in [0.29, 0.717) is 43.2 Å². The molecule has 0 N–H and O–H groups in total. The quantitative estimate of drug-likeness (QED) is 0.116. The van der Waals surface area contributed by atoms with Crippen LogP contribution in [0.1, 0.15) is 43.5 Å². The fraction of sp³-hybridized carbons (Fsp3) is 0.216.